The molecular formula is C12H18N4O2. The number of nitrogens with zero attached hydrogens (tertiary/aromatic N) is 2. The van der Waals surface area contributed by atoms with E-state index in [0.29, 0.717) is 0 Å². The number of hydrogen-bond donors (Lipinski definition) is 2. The highest BCUT2D eigenvalue weighted by atomic mass is 16.6. The van der Waals surface area contributed by atoms with Crippen LogP contribution in [0.1, 0.15) is 19.8 Å². The molecule has 0 saturated carbocycles. The van der Waals surface area contributed by atoms with E-state index in [2.05, 4.69) is 22.5 Å². The van der Waals surface area contributed by atoms with Gasteiger partial charge in [0.05, 0.1) is 5.69 Å². The van der Waals surface area contributed by atoms with Gasteiger partial charge in [0.15, 0.2) is 6.20 Å². The van der Waals surface area contributed by atoms with E-state index in [1.807, 2.05) is 0 Å². The Morgan fingerprint density at radius 3 is 3.00 bits per heavy atom. The fraction of sp³-hybridized carbons (Fsp3) is 0.583. The smallest absolute Gasteiger partial charge is 0.363 e. The topological polar surface area (TPSA) is 80.1 Å². The molecule has 1 atom stereocenters. The summed E-state index contributed by atoms with van der Waals surface area (Å²) in [5, 5.41) is 17.2. The number of anilines is 1. The lowest BCUT2D eigenvalue weighted by Gasteiger charge is -2.34. The molecule has 1 saturated heterocycles. The average Bonchev–Trinajstić information content (AvgIpc) is 2.38. The van der Waals surface area contributed by atoms with E-state index in [9.17, 15) is 10.1 Å². The lowest BCUT2D eigenvalue weighted by Crippen LogP contribution is -2.42. The molecule has 0 amide bonds. The Bertz CT molecular complexity index is 413. The van der Waals surface area contributed by atoms with Crippen LogP contribution in [0.4, 0.5) is 11.5 Å². The third-order valence-electron chi connectivity index (χ3n) is 3.34. The molecule has 1 unspecified atom stereocenters. The van der Waals surface area contributed by atoms with Crippen molar-refractivity contribution in [3.05, 3.63) is 28.4 Å². The van der Waals surface area contributed by atoms with Gasteiger partial charge in [0.1, 0.15) is 0 Å². The number of rotatable bonds is 4. The molecular weight excluding hydrogens is 232 g/mol. The minimum Gasteiger partial charge on any atom is -0.381 e. The van der Waals surface area contributed by atoms with Crippen molar-refractivity contribution in [3.63, 3.8) is 0 Å². The maximum absolute atomic E-state index is 10.5. The molecule has 1 aromatic rings. The van der Waals surface area contributed by atoms with Crippen LogP contribution >= 0.6 is 0 Å². The largest absolute Gasteiger partial charge is 0.381 e. The van der Waals surface area contributed by atoms with Crippen LogP contribution in [-0.2, 0) is 0 Å². The van der Waals surface area contributed by atoms with Crippen molar-refractivity contribution in [2.45, 2.75) is 19.8 Å². The van der Waals surface area contributed by atoms with Gasteiger partial charge in [-0.25, -0.2) is 0 Å². The van der Waals surface area contributed by atoms with Crippen LogP contribution in [0.3, 0.4) is 0 Å². The highest BCUT2D eigenvalue weighted by molar-refractivity contribution is 5.43. The summed E-state index contributed by atoms with van der Waals surface area (Å²) < 4.78 is 0. The number of nitrogens with one attached hydrogen (secondary N) is 2. The number of hydrogen-bond acceptors (Lipinski definition) is 5. The molecule has 1 aliphatic rings. The fourth-order valence-corrected chi connectivity index (χ4v) is 2.18. The van der Waals surface area contributed by atoms with E-state index < -0.39 is 4.92 Å². The molecule has 98 valence electrons. The zero-order valence-electron chi connectivity index (χ0n) is 10.5. The summed E-state index contributed by atoms with van der Waals surface area (Å²) in [5.41, 5.74) is 1.06. The molecule has 0 aromatic carbocycles. The van der Waals surface area contributed by atoms with E-state index in [-0.39, 0.29) is 11.2 Å². The molecule has 2 N–H and O–H groups in total. The lowest BCUT2D eigenvalue weighted by atomic mass is 9.83. The Balaban J connectivity index is 1.91. The van der Waals surface area contributed by atoms with Crippen LogP contribution < -0.4 is 10.6 Å². The van der Waals surface area contributed by atoms with E-state index in [0.717, 1.165) is 25.3 Å². The van der Waals surface area contributed by atoms with Gasteiger partial charge in [0, 0.05) is 19.2 Å². The second-order valence-electron chi connectivity index (χ2n) is 5.11. The molecule has 18 heavy (non-hydrogen) atoms. The summed E-state index contributed by atoms with van der Waals surface area (Å²) in [6.45, 7) is 5.18. The van der Waals surface area contributed by atoms with Crippen molar-refractivity contribution < 1.29 is 4.92 Å². The Kier molecular flexibility index (Phi) is 3.76. The van der Waals surface area contributed by atoms with Crippen LogP contribution in [0.25, 0.3) is 0 Å². The fourth-order valence-electron chi connectivity index (χ4n) is 2.18. The van der Waals surface area contributed by atoms with Crippen molar-refractivity contribution in [2.75, 3.05) is 25.0 Å². The minimum atomic E-state index is -0.490. The number of pyridine rings is 1. The molecule has 0 spiro atoms. The molecule has 1 aliphatic heterocycles. The van der Waals surface area contributed by atoms with Gasteiger partial charge in [-0.3, -0.25) is 0 Å². The summed E-state index contributed by atoms with van der Waals surface area (Å²) in [7, 11) is 0. The molecule has 1 fully saturated rings. The van der Waals surface area contributed by atoms with Gasteiger partial charge in [-0.05, 0) is 40.8 Å². The van der Waals surface area contributed by atoms with Gasteiger partial charge in [0.2, 0.25) is 0 Å². The quantitative estimate of drug-likeness (QED) is 0.629. The van der Waals surface area contributed by atoms with Crippen molar-refractivity contribution in [2.24, 2.45) is 5.41 Å². The lowest BCUT2D eigenvalue weighted by molar-refractivity contribution is -0.389. The first-order valence-corrected chi connectivity index (χ1v) is 6.14. The van der Waals surface area contributed by atoms with Gasteiger partial charge in [-0.15, -0.1) is 0 Å². The summed E-state index contributed by atoms with van der Waals surface area (Å²) in [6, 6.07) is 3.12. The summed E-state index contributed by atoms with van der Waals surface area (Å²) in [6.07, 6.45) is 3.89. The first-order chi connectivity index (χ1) is 8.59. The van der Waals surface area contributed by atoms with Gasteiger partial charge < -0.3 is 20.7 Å². The second kappa shape index (κ2) is 5.30. The standard InChI is InChI=1S/C12H18N4O2/c1-12(5-2-6-13-8-12)9-15-10-3-4-11(14-7-10)16(17)18/h3-4,7,13,15H,2,5-6,8-9H2,1H3. The van der Waals surface area contributed by atoms with Crippen molar-refractivity contribution >= 4 is 11.5 Å². The predicted octanol–water partition coefficient (Wildman–Crippen LogP) is 1.79. The van der Waals surface area contributed by atoms with Gasteiger partial charge in [-0.2, -0.15) is 0 Å². The molecule has 2 heterocycles. The van der Waals surface area contributed by atoms with Crippen LogP contribution in [0.15, 0.2) is 18.3 Å². The third-order valence-corrected chi connectivity index (χ3v) is 3.34. The predicted molar refractivity (Wildman–Crippen MR) is 69.6 cm³/mol. The Morgan fingerprint density at radius 1 is 1.61 bits per heavy atom. The summed E-state index contributed by atoms with van der Waals surface area (Å²) in [5.74, 6) is -0.119. The zero-order valence-corrected chi connectivity index (χ0v) is 10.5. The number of piperidine rings is 1. The van der Waals surface area contributed by atoms with E-state index in [1.54, 1.807) is 6.07 Å². The molecule has 2 rings (SSSR count). The monoisotopic (exact) mass is 250 g/mol. The SMILES string of the molecule is CC1(CNc2ccc([N+](=O)[O-])nc2)CCCNC1. The number of aromatic nitrogens is 1. The maximum atomic E-state index is 10.5. The van der Waals surface area contributed by atoms with Crippen LogP contribution in [-0.4, -0.2) is 29.5 Å². The van der Waals surface area contributed by atoms with Gasteiger partial charge in [0.25, 0.3) is 0 Å². The highest BCUT2D eigenvalue weighted by Crippen LogP contribution is 2.25. The maximum Gasteiger partial charge on any atom is 0.363 e. The van der Waals surface area contributed by atoms with E-state index in [1.165, 1.54) is 25.1 Å². The first kappa shape index (κ1) is 12.8. The zero-order chi connectivity index (χ0) is 13.0. The van der Waals surface area contributed by atoms with Crippen molar-refractivity contribution in [1.82, 2.24) is 10.3 Å². The molecule has 1 aromatic heterocycles. The minimum absolute atomic E-state index is 0.119. The van der Waals surface area contributed by atoms with E-state index >= 15 is 0 Å². The Labute approximate surface area is 106 Å². The summed E-state index contributed by atoms with van der Waals surface area (Å²) >= 11 is 0. The molecule has 6 nitrogen and oxygen atoms in total. The van der Waals surface area contributed by atoms with Crippen molar-refractivity contribution in [1.29, 1.82) is 0 Å². The molecule has 0 aliphatic carbocycles. The van der Waals surface area contributed by atoms with Gasteiger partial charge in [-0.1, -0.05) is 6.92 Å². The third kappa shape index (κ3) is 3.16. The second-order valence-corrected chi connectivity index (χ2v) is 5.11. The molecule has 6 heteroatoms. The van der Waals surface area contributed by atoms with E-state index in [4.69, 9.17) is 0 Å². The molecule has 0 radical (unpaired) electrons. The van der Waals surface area contributed by atoms with Crippen LogP contribution in [0.2, 0.25) is 0 Å². The first-order valence-electron chi connectivity index (χ1n) is 6.14. The summed E-state index contributed by atoms with van der Waals surface area (Å²) in [4.78, 5) is 13.8. The Hall–Kier alpha value is -1.69. The van der Waals surface area contributed by atoms with Crippen LogP contribution in [0, 0.1) is 15.5 Å². The van der Waals surface area contributed by atoms with Gasteiger partial charge >= 0.3 is 5.82 Å². The normalized spacial score (nSPS) is 23.6. The van der Waals surface area contributed by atoms with Crippen LogP contribution in [0.5, 0.6) is 0 Å². The molecule has 0 bridgehead atoms. The average molecular weight is 250 g/mol. The number of nitro groups is 1. The Morgan fingerprint density at radius 2 is 2.44 bits per heavy atom. The highest BCUT2D eigenvalue weighted by Gasteiger charge is 2.26. The van der Waals surface area contributed by atoms with Crippen molar-refractivity contribution in [3.8, 4) is 0 Å².